The SMILES string of the molecule is CCNC1CC(c2ccc(Br)s2)Oc2ccccc21. The quantitative estimate of drug-likeness (QED) is 0.877. The molecular formula is C15H16BrNOS. The van der Waals surface area contributed by atoms with Crippen molar-refractivity contribution in [1.82, 2.24) is 5.32 Å². The largest absolute Gasteiger partial charge is 0.484 e. The van der Waals surface area contributed by atoms with Crippen molar-refractivity contribution >= 4 is 27.3 Å². The molecule has 2 atom stereocenters. The second kappa shape index (κ2) is 5.65. The van der Waals surface area contributed by atoms with Gasteiger partial charge in [-0.15, -0.1) is 11.3 Å². The van der Waals surface area contributed by atoms with E-state index in [4.69, 9.17) is 4.74 Å². The molecule has 19 heavy (non-hydrogen) atoms. The molecule has 2 aromatic rings. The predicted molar refractivity (Wildman–Crippen MR) is 82.9 cm³/mol. The van der Waals surface area contributed by atoms with Gasteiger partial charge in [0.25, 0.3) is 0 Å². The lowest BCUT2D eigenvalue weighted by atomic mass is 9.96. The van der Waals surface area contributed by atoms with Crippen LogP contribution in [0.5, 0.6) is 5.75 Å². The van der Waals surface area contributed by atoms with Crippen LogP contribution in [-0.4, -0.2) is 6.54 Å². The molecule has 2 nitrogen and oxygen atoms in total. The molecule has 2 unspecified atom stereocenters. The average molecular weight is 338 g/mol. The predicted octanol–water partition coefficient (Wildman–Crippen LogP) is 4.69. The monoisotopic (exact) mass is 337 g/mol. The molecule has 1 aromatic heterocycles. The fourth-order valence-corrected chi connectivity index (χ4v) is 4.00. The number of nitrogens with one attached hydrogen (secondary N) is 1. The summed E-state index contributed by atoms with van der Waals surface area (Å²) in [6.07, 6.45) is 1.13. The number of rotatable bonds is 3. The third kappa shape index (κ3) is 2.71. The van der Waals surface area contributed by atoms with Gasteiger partial charge in [0.1, 0.15) is 11.9 Å². The highest BCUT2D eigenvalue weighted by atomic mass is 79.9. The van der Waals surface area contributed by atoms with Gasteiger partial charge in [0.05, 0.1) is 3.79 Å². The Kier molecular flexibility index (Phi) is 3.91. The lowest BCUT2D eigenvalue weighted by molar-refractivity contribution is 0.155. The summed E-state index contributed by atoms with van der Waals surface area (Å²) in [5.41, 5.74) is 1.27. The molecule has 0 aliphatic carbocycles. The Morgan fingerprint density at radius 3 is 2.89 bits per heavy atom. The lowest BCUT2D eigenvalue weighted by Gasteiger charge is -2.32. The Morgan fingerprint density at radius 2 is 2.16 bits per heavy atom. The molecule has 0 spiro atoms. The minimum Gasteiger partial charge on any atom is -0.484 e. The summed E-state index contributed by atoms with van der Waals surface area (Å²) in [5.74, 6) is 1.01. The van der Waals surface area contributed by atoms with Gasteiger partial charge in [0.15, 0.2) is 0 Å². The number of ether oxygens (including phenoxy) is 1. The van der Waals surface area contributed by atoms with Crippen molar-refractivity contribution in [3.8, 4) is 5.75 Å². The third-order valence-corrected chi connectivity index (χ3v) is 5.09. The Morgan fingerprint density at radius 1 is 1.32 bits per heavy atom. The minimum atomic E-state index is 0.148. The first kappa shape index (κ1) is 13.2. The number of halogens is 1. The van der Waals surface area contributed by atoms with Gasteiger partial charge in [-0.2, -0.15) is 0 Å². The van der Waals surface area contributed by atoms with Crippen LogP contribution >= 0.6 is 27.3 Å². The number of fused-ring (bicyclic) bond motifs is 1. The highest BCUT2D eigenvalue weighted by molar-refractivity contribution is 9.11. The molecule has 1 aliphatic heterocycles. The van der Waals surface area contributed by atoms with Gasteiger partial charge in [-0.05, 0) is 40.7 Å². The number of hydrogen-bond acceptors (Lipinski definition) is 3. The van der Waals surface area contributed by atoms with Crippen LogP contribution in [0.4, 0.5) is 0 Å². The average Bonchev–Trinajstić information content (AvgIpc) is 2.86. The minimum absolute atomic E-state index is 0.148. The van der Waals surface area contributed by atoms with Crippen LogP contribution in [-0.2, 0) is 0 Å². The Labute approximate surface area is 125 Å². The van der Waals surface area contributed by atoms with E-state index in [0.717, 1.165) is 22.5 Å². The summed E-state index contributed by atoms with van der Waals surface area (Å²) in [6.45, 7) is 3.12. The van der Waals surface area contributed by atoms with Gasteiger partial charge < -0.3 is 10.1 Å². The number of hydrogen-bond donors (Lipinski definition) is 1. The summed E-state index contributed by atoms with van der Waals surface area (Å²) in [6, 6.07) is 12.9. The van der Waals surface area contributed by atoms with Crippen LogP contribution in [0.1, 0.15) is 35.9 Å². The van der Waals surface area contributed by atoms with E-state index < -0.39 is 0 Å². The fraction of sp³-hybridized carbons (Fsp3) is 0.333. The van der Waals surface area contributed by atoms with Crippen molar-refractivity contribution in [1.29, 1.82) is 0 Å². The van der Waals surface area contributed by atoms with E-state index in [1.54, 1.807) is 11.3 Å². The summed E-state index contributed by atoms with van der Waals surface area (Å²) < 4.78 is 7.31. The van der Waals surface area contributed by atoms with Crippen LogP contribution in [0.15, 0.2) is 40.2 Å². The van der Waals surface area contributed by atoms with Crippen LogP contribution < -0.4 is 10.1 Å². The molecule has 1 aliphatic rings. The van der Waals surface area contributed by atoms with Crippen LogP contribution in [0, 0.1) is 0 Å². The zero-order valence-corrected chi connectivity index (χ0v) is 13.1. The third-order valence-electron chi connectivity index (χ3n) is 3.38. The fourth-order valence-electron chi connectivity index (χ4n) is 2.53. The molecule has 0 amide bonds. The van der Waals surface area contributed by atoms with Crippen LogP contribution in [0.2, 0.25) is 0 Å². The zero-order valence-electron chi connectivity index (χ0n) is 10.7. The van der Waals surface area contributed by atoms with Crippen molar-refractivity contribution in [2.75, 3.05) is 6.54 Å². The van der Waals surface area contributed by atoms with Crippen molar-refractivity contribution in [3.63, 3.8) is 0 Å². The highest BCUT2D eigenvalue weighted by Crippen LogP contribution is 2.42. The smallest absolute Gasteiger partial charge is 0.135 e. The van der Waals surface area contributed by atoms with E-state index in [0.29, 0.717) is 6.04 Å². The first-order valence-corrected chi connectivity index (χ1v) is 8.13. The topological polar surface area (TPSA) is 21.3 Å². The van der Waals surface area contributed by atoms with E-state index in [1.807, 2.05) is 6.07 Å². The maximum Gasteiger partial charge on any atom is 0.135 e. The second-order valence-corrected chi connectivity index (χ2v) is 7.13. The Hall–Kier alpha value is -0.840. The van der Waals surface area contributed by atoms with Crippen molar-refractivity contribution in [2.45, 2.75) is 25.5 Å². The van der Waals surface area contributed by atoms with Gasteiger partial charge in [0, 0.05) is 22.9 Å². The van der Waals surface area contributed by atoms with Crippen molar-refractivity contribution < 1.29 is 4.74 Å². The Balaban J connectivity index is 1.92. The van der Waals surface area contributed by atoms with E-state index in [2.05, 4.69) is 58.5 Å². The number of thiophene rings is 1. The van der Waals surface area contributed by atoms with E-state index in [1.165, 1.54) is 10.4 Å². The molecule has 0 saturated heterocycles. The first-order valence-electron chi connectivity index (χ1n) is 6.52. The van der Waals surface area contributed by atoms with Gasteiger partial charge in [0.2, 0.25) is 0 Å². The maximum absolute atomic E-state index is 6.16. The molecule has 100 valence electrons. The second-order valence-electron chi connectivity index (χ2n) is 4.63. The molecule has 1 N–H and O–H groups in total. The van der Waals surface area contributed by atoms with Crippen molar-refractivity contribution in [3.05, 3.63) is 50.6 Å². The molecular weight excluding hydrogens is 322 g/mol. The van der Waals surface area contributed by atoms with E-state index in [-0.39, 0.29) is 6.10 Å². The lowest BCUT2D eigenvalue weighted by Crippen LogP contribution is -2.28. The number of benzene rings is 1. The summed E-state index contributed by atoms with van der Waals surface area (Å²) in [7, 11) is 0. The van der Waals surface area contributed by atoms with Gasteiger partial charge >= 0.3 is 0 Å². The normalized spacial score (nSPS) is 21.8. The maximum atomic E-state index is 6.16. The van der Waals surface area contributed by atoms with Crippen LogP contribution in [0.25, 0.3) is 0 Å². The summed E-state index contributed by atoms with van der Waals surface area (Å²) in [5, 5.41) is 3.56. The van der Waals surface area contributed by atoms with E-state index in [9.17, 15) is 0 Å². The van der Waals surface area contributed by atoms with Gasteiger partial charge in [-0.3, -0.25) is 0 Å². The molecule has 0 fully saturated rings. The zero-order chi connectivity index (χ0) is 13.2. The van der Waals surface area contributed by atoms with E-state index >= 15 is 0 Å². The first-order chi connectivity index (χ1) is 9.28. The highest BCUT2D eigenvalue weighted by Gasteiger charge is 2.29. The van der Waals surface area contributed by atoms with Crippen molar-refractivity contribution in [2.24, 2.45) is 0 Å². The molecule has 0 saturated carbocycles. The molecule has 4 heteroatoms. The summed E-state index contributed by atoms with van der Waals surface area (Å²) >= 11 is 5.28. The Bertz CT molecular complexity index is 569. The van der Waals surface area contributed by atoms with Gasteiger partial charge in [-0.25, -0.2) is 0 Å². The molecule has 0 bridgehead atoms. The van der Waals surface area contributed by atoms with Crippen LogP contribution in [0.3, 0.4) is 0 Å². The van der Waals surface area contributed by atoms with Gasteiger partial charge in [-0.1, -0.05) is 25.1 Å². The standard InChI is InChI=1S/C15H16BrNOS/c1-2-17-11-9-13(14-7-8-15(16)19-14)18-12-6-4-3-5-10(11)12/h3-8,11,13,17H,2,9H2,1H3. The molecule has 0 radical (unpaired) electrons. The summed E-state index contributed by atoms with van der Waals surface area (Å²) in [4.78, 5) is 1.28. The molecule has 1 aromatic carbocycles. The molecule has 3 rings (SSSR count). The number of para-hydroxylation sites is 1. The molecule has 2 heterocycles.